The van der Waals surface area contributed by atoms with Crippen molar-refractivity contribution in [1.29, 1.82) is 10.5 Å². The molecule has 0 amide bonds. The first-order valence-corrected chi connectivity index (χ1v) is 29.5. The van der Waals surface area contributed by atoms with E-state index in [9.17, 15) is 39.3 Å². The molecule has 76 heavy (non-hydrogen) atoms. The molecular weight excluding hydrogens is 1000 g/mol. The van der Waals surface area contributed by atoms with Crippen molar-refractivity contribution in [2.24, 2.45) is 59.2 Å². The lowest BCUT2D eigenvalue weighted by Crippen LogP contribution is -2.32. The predicted octanol–water partition coefficient (Wildman–Crippen LogP) is 12.9. The second-order valence-electron chi connectivity index (χ2n) is 23.0. The minimum atomic E-state index is -0.543. The van der Waals surface area contributed by atoms with Crippen LogP contribution >= 0.6 is 23.5 Å². The number of ether oxygens (including phenoxy) is 6. The van der Waals surface area contributed by atoms with Gasteiger partial charge in [0.25, 0.3) is 0 Å². The summed E-state index contributed by atoms with van der Waals surface area (Å²) in [5, 5.41) is 19.8. The van der Waals surface area contributed by atoms with E-state index in [1.54, 1.807) is 0 Å². The second-order valence-corrected chi connectivity index (χ2v) is 25.3. The van der Waals surface area contributed by atoms with Crippen LogP contribution in [0.5, 0.6) is 11.5 Å². The predicted molar refractivity (Wildman–Crippen MR) is 289 cm³/mol. The number of allylic oxidation sites excluding steroid dienone is 1. The summed E-state index contributed by atoms with van der Waals surface area (Å²) in [6.07, 6.45) is 18.4. The zero-order chi connectivity index (χ0) is 54.9. The molecule has 2 unspecified atom stereocenters. The molecule has 0 aromatic heterocycles. The lowest BCUT2D eigenvalue weighted by atomic mass is 9.69. The van der Waals surface area contributed by atoms with Gasteiger partial charge in [0, 0.05) is 17.7 Å². The van der Waals surface area contributed by atoms with E-state index < -0.39 is 17.4 Å². The van der Waals surface area contributed by atoms with Crippen molar-refractivity contribution in [3.05, 3.63) is 46.8 Å². The molecule has 0 bridgehead atoms. The third-order valence-electron chi connectivity index (χ3n) is 16.7. The van der Waals surface area contributed by atoms with Gasteiger partial charge in [-0.05, 0) is 175 Å². The number of thioether (sulfide) groups is 2. The Kier molecular flexibility index (Phi) is 23.0. The number of nitrogens with zero attached hydrogens (tertiary/aromatic N) is 2. The van der Waals surface area contributed by atoms with Gasteiger partial charge >= 0.3 is 35.8 Å². The summed E-state index contributed by atoms with van der Waals surface area (Å²) >= 11 is 2.40. The first-order chi connectivity index (χ1) is 36.4. The third-order valence-corrected chi connectivity index (χ3v) is 19.3. The summed E-state index contributed by atoms with van der Waals surface area (Å²) in [5.74, 6) is 0.544. The smallest absolute Gasteiger partial charge is 0.330 e. The van der Waals surface area contributed by atoms with Crippen LogP contribution in [0.3, 0.4) is 0 Å². The van der Waals surface area contributed by atoms with Gasteiger partial charge in [0.05, 0.1) is 64.1 Å². The molecule has 5 aliphatic rings. The number of hydrogen-bond donors (Lipinski definition) is 0. The average molecular weight is 1090 g/mol. The lowest BCUT2D eigenvalue weighted by molar-refractivity contribution is -0.151. The summed E-state index contributed by atoms with van der Waals surface area (Å²) in [7, 11) is 0. The van der Waals surface area contributed by atoms with Crippen molar-refractivity contribution in [2.75, 3.05) is 26.4 Å². The maximum absolute atomic E-state index is 14.2. The molecule has 1 aliphatic heterocycles. The van der Waals surface area contributed by atoms with E-state index >= 15 is 0 Å². The van der Waals surface area contributed by atoms with Crippen molar-refractivity contribution < 1.29 is 57.2 Å². The fourth-order valence-corrected chi connectivity index (χ4v) is 14.2. The first-order valence-electron chi connectivity index (χ1n) is 27.9. The van der Waals surface area contributed by atoms with E-state index in [-0.39, 0.29) is 65.0 Å². The van der Waals surface area contributed by atoms with Gasteiger partial charge in [-0.25, -0.2) is 9.59 Å². The highest BCUT2D eigenvalue weighted by Crippen LogP contribution is 2.61. The summed E-state index contributed by atoms with van der Waals surface area (Å²) < 4.78 is 34.7. The minimum Gasteiger partial charge on any atom is -0.465 e. The molecule has 6 rings (SSSR count). The van der Waals surface area contributed by atoms with Crippen LogP contribution in [0.4, 0.5) is 0 Å². The molecule has 4 fully saturated rings. The molecule has 14 nitrogen and oxygen atoms in total. The molecule has 4 saturated carbocycles. The van der Waals surface area contributed by atoms with Gasteiger partial charge in [0.15, 0.2) is 0 Å². The largest absolute Gasteiger partial charge is 0.465 e. The Balaban J connectivity index is 0.991. The van der Waals surface area contributed by atoms with E-state index in [4.69, 9.17) is 28.4 Å². The fourth-order valence-electron chi connectivity index (χ4n) is 11.7. The molecule has 0 spiro atoms. The van der Waals surface area contributed by atoms with Crippen LogP contribution in [-0.2, 0) is 53.1 Å². The van der Waals surface area contributed by atoms with E-state index in [2.05, 4.69) is 13.2 Å². The maximum Gasteiger partial charge on any atom is 0.330 e. The number of fused-ring (bicyclic) bond motifs is 1. The first kappa shape index (κ1) is 60.2. The zero-order valence-corrected chi connectivity index (χ0v) is 47.1. The molecule has 1 aromatic rings. The molecule has 0 radical (unpaired) electrons. The van der Waals surface area contributed by atoms with Gasteiger partial charge in [0.1, 0.15) is 29.2 Å². The quantitative estimate of drug-likeness (QED) is 0.0348. The van der Waals surface area contributed by atoms with E-state index in [0.29, 0.717) is 133 Å². The maximum atomic E-state index is 14.2. The Morgan fingerprint density at radius 3 is 1.25 bits per heavy atom. The lowest BCUT2D eigenvalue weighted by Gasteiger charge is -2.37. The summed E-state index contributed by atoms with van der Waals surface area (Å²) in [6.45, 7) is 18.3. The van der Waals surface area contributed by atoms with Gasteiger partial charge in [0.2, 0.25) is 0 Å². The Bertz CT molecular complexity index is 2350. The van der Waals surface area contributed by atoms with Gasteiger partial charge < -0.3 is 28.4 Å². The highest BCUT2D eigenvalue weighted by molar-refractivity contribution is 8.24. The van der Waals surface area contributed by atoms with Crippen LogP contribution in [-0.4, -0.2) is 62.2 Å². The number of hydrogen-bond acceptors (Lipinski definition) is 16. The number of carbonyl (C=O) groups excluding carboxylic acids is 6. The molecule has 0 saturated heterocycles. The summed E-state index contributed by atoms with van der Waals surface area (Å²) in [6, 6.07) is 5.82. The van der Waals surface area contributed by atoms with E-state index in [0.717, 1.165) is 89.2 Å². The second kappa shape index (κ2) is 29.1. The van der Waals surface area contributed by atoms with Crippen LogP contribution in [0, 0.1) is 81.8 Å². The van der Waals surface area contributed by atoms with Crippen molar-refractivity contribution >= 4 is 59.3 Å². The van der Waals surface area contributed by atoms with Crippen LogP contribution in [0.2, 0.25) is 0 Å². The van der Waals surface area contributed by atoms with Crippen molar-refractivity contribution in [3.8, 4) is 23.6 Å². The van der Waals surface area contributed by atoms with Crippen LogP contribution in [0.25, 0.3) is 0 Å². The molecule has 1 heterocycles. The highest BCUT2D eigenvalue weighted by atomic mass is 32.2. The normalized spacial score (nSPS) is 25.2. The van der Waals surface area contributed by atoms with Gasteiger partial charge in [-0.1, -0.05) is 71.3 Å². The summed E-state index contributed by atoms with van der Waals surface area (Å²) in [4.78, 5) is 77.9. The van der Waals surface area contributed by atoms with Crippen molar-refractivity contribution in [3.63, 3.8) is 0 Å². The van der Waals surface area contributed by atoms with Crippen LogP contribution in [0.1, 0.15) is 169 Å². The SMILES string of the molecule is C=CC(=O)OCCC(C)CCOC(=O)C1CCC(C2CCC(C(=O)Oc3cc(C(C)(C)C)c(OC(=O)C4CCC(C5CCC(C(=O)OCCC(C)CCOC(=O)C=C)CC5)CC4)c4c3SC(=C(C#N)C#N)S4)CC2)CC1. The Morgan fingerprint density at radius 2 is 0.895 bits per heavy atom. The Hall–Kier alpha value is -5.06. The van der Waals surface area contributed by atoms with E-state index in [1.807, 2.05) is 52.8 Å². The van der Waals surface area contributed by atoms with Crippen LogP contribution < -0.4 is 9.47 Å². The number of esters is 6. The minimum absolute atomic E-state index is 0.0642. The highest BCUT2D eigenvalue weighted by Gasteiger charge is 2.41. The Labute approximate surface area is 459 Å². The van der Waals surface area contributed by atoms with Gasteiger partial charge in [-0.3, -0.25) is 19.2 Å². The summed E-state index contributed by atoms with van der Waals surface area (Å²) in [5.41, 5.74) is 0.0858. The number of rotatable bonds is 22. The molecule has 0 N–H and O–H groups in total. The van der Waals surface area contributed by atoms with Gasteiger partial charge in [-0.2, -0.15) is 10.5 Å². The molecule has 16 heteroatoms. The van der Waals surface area contributed by atoms with E-state index in [1.165, 1.54) is 23.5 Å². The molecule has 4 aliphatic carbocycles. The number of carbonyl (C=O) groups is 6. The zero-order valence-electron chi connectivity index (χ0n) is 45.5. The number of nitriles is 2. The standard InChI is InChI=1S/C60H80N2O12S2/c1-8-50(63)69-30-26-37(3)28-32-71-55(65)43-18-10-39(11-19-43)41-14-22-45(23-15-41)57(67)73-49-34-48(60(5,6)7)52(54-53(49)75-59(76-54)47(35-61)36-62)74-58(68)46-24-16-42(17-25-46)40-12-20-44(21-13-40)56(66)72-33-29-38(4)27-31-70-51(64)9-2/h8-9,34,37-46H,1-2,10-33H2,3-7H3. The topological polar surface area (TPSA) is 205 Å². The monoisotopic (exact) mass is 1080 g/mol. The van der Waals surface area contributed by atoms with Crippen molar-refractivity contribution in [2.45, 2.75) is 178 Å². The average Bonchev–Trinajstić information content (AvgIpc) is 3.88. The van der Waals surface area contributed by atoms with Gasteiger partial charge in [-0.15, -0.1) is 0 Å². The molecular formula is C60H80N2O12S2. The van der Waals surface area contributed by atoms with Crippen molar-refractivity contribution in [1.82, 2.24) is 0 Å². The van der Waals surface area contributed by atoms with Crippen LogP contribution in [0.15, 0.2) is 51.0 Å². The molecule has 414 valence electrons. The Morgan fingerprint density at radius 1 is 0.553 bits per heavy atom. The number of benzene rings is 1. The molecule has 2 atom stereocenters. The third kappa shape index (κ3) is 17.0. The molecule has 1 aromatic carbocycles. The fraction of sp³-hybridized carbons (Fsp3) is 0.667.